The minimum absolute atomic E-state index is 0.0109. The molecule has 5 heteroatoms. The number of amides is 1. The number of hydrogen-bond donors (Lipinski definition) is 1. The second-order valence-electron chi connectivity index (χ2n) is 7.82. The molecule has 1 amide bonds. The number of ether oxygens (including phenoxy) is 1. The van der Waals surface area contributed by atoms with E-state index >= 15 is 0 Å². The van der Waals surface area contributed by atoms with Crippen molar-refractivity contribution in [2.45, 2.75) is 39.2 Å². The summed E-state index contributed by atoms with van der Waals surface area (Å²) in [6.45, 7) is 6.11. The van der Waals surface area contributed by atoms with Crippen LogP contribution in [-0.2, 0) is 6.42 Å². The van der Waals surface area contributed by atoms with E-state index in [-0.39, 0.29) is 17.5 Å². The first-order valence-corrected chi connectivity index (χ1v) is 9.46. The smallest absolute Gasteiger partial charge is 0.287 e. The number of nitrogens with one attached hydrogen (secondary N) is 1. The number of hydrogen-bond acceptors (Lipinski definition) is 4. The molecule has 0 spiro atoms. The van der Waals surface area contributed by atoms with Crippen LogP contribution in [0.3, 0.4) is 0 Å². The van der Waals surface area contributed by atoms with Crippen molar-refractivity contribution in [1.82, 2.24) is 5.32 Å². The highest BCUT2D eigenvalue weighted by Crippen LogP contribution is 2.40. The Morgan fingerprint density at radius 3 is 2.64 bits per heavy atom. The summed E-state index contributed by atoms with van der Waals surface area (Å²) in [7, 11) is 0. The number of benzene rings is 2. The van der Waals surface area contributed by atoms with Gasteiger partial charge in [0.25, 0.3) is 5.91 Å². The number of furan rings is 1. The van der Waals surface area contributed by atoms with Crippen molar-refractivity contribution in [3.05, 3.63) is 64.9 Å². The predicted molar refractivity (Wildman–Crippen MR) is 107 cm³/mol. The Morgan fingerprint density at radius 1 is 1.14 bits per heavy atom. The lowest BCUT2D eigenvalue weighted by Gasteiger charge is -2.31. The van der Waals surface area contributed by atoms with Crippen molar-refractivity contribution in [3.8, 4) is 5.75 Å². The van der Waals surface area contributed by atoms with Crippen LogP contribution in [0.1, 0.15) is 52.3 Å². The van der Waals surface area contributed by atoms with Gasteiger partial charge in [0.05, 0.1) is 12.0 Å². The van der Waals surface area contributed by atoms with E-state index in [1.165, 1.54) is 0 Å². The molecule has 28 heavy (non-hydrogen) atoms. The molecule has 0 bridgehead atoms. The molecule has 1 N–H and O–H groups in total. The zero-order chi connectivity index (χ0) is 19.9. The molecule has 2 aromatic carbocycles. The van der Waals surface area contributed by atoms with E-state index in [0.717, 1.165) is 12.0 Å². The molecular formula is C23H23NO4. The van der Waals surface area contributed by atoms with Crippen molar-refractivity contribution in [1.29, 1.82) is 0 Å². The van der Waals surface area contributed by atoms with Crippen LogP contribution < -0.4 is 10.1 Å². The van der Waals surface area contributed by atoms with Crippen LogP contribution in [0.4, 0.5) is 0 Å². The van der Waals surface area contributed by atoms with Crippen LogP contribution in [0.15, 0.2) is 46.9 Å². The molecule has 5 nitrogen and oxygen atoms in total. The van der Waals surface area contributed by atoms with E-state index in [0.29, 0.717) is 40.8 Å². The molecule has 0 atom stereocenters. The van der Waals surface area contributed by atoms with Gasteiger partial charge in [-0.05, 0) is 44.9 Å². The zero-order valence-corrected chi connectivity index (χ0v) is 16.3. The Kier molecular flexibility index (Phi) is 4.46. The SMILES string of the molecule is Cc1c(C(=O)NCCc2ccccc2)oc2ccc3c(c12)C(=O)CC(C)(C)O3. The Bertz CT molecular complexity index is 1060. The lowest BCUT2D eigenvalue weighted by molar-refractivity contribution is 0.0623. The predicted octanol–water partition coefficient (Wildman–Crippen LogP) is 4.46. The van der Waals surface area contributed by atoms with E-state index in [2.05, 4.69) is 5.32 Å². The van der Waals surface area contributed by atoms with Gasteiger partial charge in [0.2, 0.25) is 0 Å². The van der Waals surface area contributed by atoms with Gasteiger partial charge in [0.1, 0.15) is 16.9 Å². The molecule has 0 saturated heterocycles. The minimum Gasteiger partial charge on any atom is -0.487 e. The fourth-order valence-corrected chi connectivity index (χ4v) is 3.75. The Labute approximate surface area is 163 Å². The van der Waals surface area contributed by atoms with Crippen molar-refractivity contribution in [2.24, 2.45) is 0 Å². The average molecular weight is 377 g/mol. The van der Waals surface area contributed by atoms with Crippen LogP contribution in [0, 0.1) is 6.92 Å². The monoisotopic (exact) mass is 377 g/mol. The molecule has 0 unspecified atom stereocenters. The summed E-state index contributed by atoms with van der Waals surface area (Å²) in [4.78, 5) is 25.4. The van der Waals surface area contributed by atoms with Gasteiger partial charge in [0, 0.05) is 17.5 Å². The molecule has 0 fully saturated rings. The number of Topliss-reactive ketones (excluding diaryl/α,β-unsaturated/α-hetero) is 1. The molecule has 0 aliphatic carbocycles. The van der Waals surface area contributed by atoms with Gasteiger partial charge in [-0.2, -0.15) is 0 Å². The van der Waals surface area contributed by atoms with Crippen LogP contribution in [0.2, 0.25) is 0 Å². The minimum atomic E-state index is -0.535. The summed E-state index contributed by atoms with van der Waals surface area (Å²) in [5.41, 5.74) is 2.33. The largest absolute Gasteiger partial charge is 0.487 e. The zero-order valence-electron chi connectivity index (χ0n) is 16.3. The Morgan fingerprint density at radius 2 is 1.89 bits per heavy atom. The first kappa shape index (κ1) is 18.3. The normalized spacial score (nSPS) is 15.2. The number of aryl methyl sites for hydroxylation is 1. The van der Waals surface area contributed by atoms with Gasteiger partial charge in [-0.15, -0.1) is 0 Å². The van der Waals surface area contributed by atoms with Crippen LogP contribution in [0.5, 0.6) is 5.75 Å². The number of fused-ring (bicyclic) bond motifs is 3. The third-order valence-corrected chi connectivity index (χ3v) is 5.06. The molecule has 3 aromatic rings. The number of rotatable bonds is 4. The molecule has 2 heterocycles. The summed E-state index contributed by atoms with van der Waals surface area (Å²) in [6, 6.07) is 13.5. The lowest BCUT2D eigenvalue weighted by atomic mass is 9.90. The van der Waals surface area contributed by atoms with E-state index in [9.17, 15) is 9.59 Å². The second-order valence-corrected chi connectivity index (χ2v) is 7.82. The standard InChI is InChI=1S/C23H23NO4/c1-14-19-17(9-10-18-20(19)16(25)13-23(2,3)28-18)27-21(14)22(26)24-12-11-15-7-5-4-6-8-15/h4-10H,11-13H2,1-3H3,(H,24,26). The maximum absolute atomic E-state index is 12.8. The maximum Gasteiger partial charge on any atom is 0.287 e. The van der Waals surface area contributed by atoms with Crippen LogP contribution >= 0.6 is 0 Å². The Hall–Kier alpha value is -3.08. The highest BCUT2D eigenvalue weighted by molar-refractivity contribution is 6.13. The molecule has 144 valence electrons. The summed E-state index contributed by atoms with van der Waals surface area (Å²) in [6.07, 6.45) is 1.03. The van der Waals surface area contributed by atoms with Gasteiger partial charge in [-0.25, -0.2) is 0 Å². The van der Waals surface area contributed by atoms with Crippen molar-refractivity contribution >= 4 is 22.7 Å². The third kappa shape index (κ3) is 3.28. The number of carbonyl (C=O) groups excluding carboxylic acids is 2. The van der Waals surface area contributed by atoms with Gasteiger partial charge in [0.15, 0.2) is 11.5 Å². The first-order chi connectivity index (χ1) is 13.4. The molecule has 0 saturated carbocycles. The summed E-state index contributed by atoms with van der Waals surface area (Å²) < 4.78 is 11.8. The van der Waals surface area contributed by atoms with E-state index in [1.807, 2.05) is 51.1 Å². The first-order valence-electron chi connectivity index (χ1n) is 9.46. The molecule has 0 radical (unpaired) electrons. The molecule has 4 rings (SSSR count). The van der Waals surface area contributed by atoms with Gasteiger partial charge >= 0.3 is 0 Å². The molecule has 1 aliphatic rings. The maximum atomic E-state index is 12.8. The van der Waals surface area contributed by atoms with Crippen LogP contribution in [-0.4, -0.2) is 23.8 Å². The quantitative estimate of drug-likeness (QED) is 0.729. The fourth-order valence-electron chi connectivity index (χ4n) is 3.75. The van der Waals surface area contributed by atoms with Crippen molar-refractivity contribution in [2.75, 3.05) is 6.54 Å². The van der Waals surface area contributed by atoms with E-state index in [1.54, 1.807) is 12.1 Å². The molecule has 1 aromatic heterocycles. The van der Waals surface area contributed by atoms with E-state index in [4.69, 9.17) is 9.15 Å². The van der Waals surface area contributed by atoms with Crippen molar-refractivity contribution in [3.63, 3.8) is 0 Å². The van der Waals surface area contributed by atoms with Gasteiger partial charge in [-0.1, -0.05) is 30.3 Å². The molecular weight excluding hydrogens is 354 g/mol. The second kappa shape index (κ2) is 6.82. The molecule has 1 aliphatic heterocycles. The fraction of sp³-hybridized carbons (Fsp3) is 0.304. The summed E-state index contributed by atoms with van der Waals surface area (Å²) >= 11 is 0. The number of ketones is 1. The topological polar surface area (TPSA) is 68.5 Å². The van der Waals surface area contributed by atoms with Crippen molar-refractivity contribution < 1.29 is 18.7 Å². The Balaban J connectivity index is 1.60. The summed E-state index contributed by atoms with van der Waals surface area (Å²) in [5.74, 6) is 0.530. The van der Waals surface area contributed by atoms with Gasteiger partial charge in [-0.3, -0.25) is 9.59 Å². The summed E-state index contributed by atoms with van der Waals surface area (Å²) in [5, 5.41) is 3.58. The number of carbonyl (C=O) groups is 2. The lowest BCUT2D eigenvalue weighted by Crippen LogP contribution is -2.36. The highest BCUT2D eigenvalue weighted by Gasteiger charge is 2.35. The van der Waals surface area contributed by atoms with Gasteiger partial charge < -0.3 is 14.5 Å². The highest BCUT2D eigenvalue weighted by atomic mass is 16.5. The van der Waals surface area contributed by atoms with Crippen LogP contribution in [0.25, 0.3) is 11.0 Å². The third-order valence-electron chi connectivity index (χ3n) is 5.06. The average Bonchev–Trinajstić information content (AvgIpc) is 2.98. The van der Waals surface area contributed by atoms with E-state index < -0.39 is 5.60 Å².